The lowest BCUT2D eigenvalue weighted by Gasteiger charge is -2.24. The fourth-order valence-corrected chi connectivity index (χ4v) is 4.76. The smallest absolute Gasteiger partial charge is 0.323 e. The van der Waals surface area contributed by atoms with Crippen LogP contribution < -0.4 is 5.32 Å². The molecule has 0 saturated carbocycles. The van der Waals surface area contributed by atoms with Crippen molar-refractivity contribution in [2.24, 2.45) is 0 Å². The fourth-order valence-electron chi connectivity index (χ4n) is 3.37. The third kappa shape index (κ3) is 3.96. The van der Waals surface area contributed by atoms with Crippen molar-refractivity contribution >= 4 is 40.8 Å². The number of carboxylic acid groups (broad SMARTS) is 1. The molecule has 10 heteroatoms. The van der Waals surface area contributed by atoms with Crippen LogP contribution in [0.2, 0.25) is 5.02 Å². The third-order valence-electron chi connectivity index (χ3n) is 4.79. The highest BCUT2D eigenvalue weighted by Gasteiger charge is 2.29. The highest BCUT2D eigenvalue weighted by atomic mass is 35.5. The first-order valence-corrected chi connectivity index (χ1v) is 10.2. The van der Waals surface area contributed by atoms with E-state index in [1.165, 1.54) is 16.2 Å². The van der Waals surface area contributed by atoms with Crippen LogP contribution in [0.15, 0.2) is 12.3 Å². The zero-order chi connectivity index (χ0) is 19.7. The molecule has 0 bridgehead atoms. The molecule has 148 valence electrons. The van der Waals surface area contributed by atoms with Crippen LogP contribution in [-0.2, 0) is 16.0 Å². The van der Waals surface area contributed by atoms with E-state index in [2.05, 4.69) is 15.3 Å². The predicted octanol–water partition coefficient (Wildman–Crippen LogP) is 2.53. The molecule has 0 unspecified atom stereocenters. The standard InChI is InChI=1S/C18H19ClN4O4S/c19-12-8-20-18(21-10-2-5-27-6-3-10)22-16(12)14-7-11-13(28-14)1-4-23(17(11)26)9-15(24)25/h7-8,10H,1-6,9H2,(H,24,25)(H,20,21,22). The number of anilines is 1. The molecule has 2 N–H and O–H groups in total. The van der Waals surface area contributed by atoms with E-state index in [1.807, 2.05) is 0 Å². The van der Waals surface area contributed by atoms with Crippen LogP contribution in [0.5, 0.6) is 0 Å². The summed E-state index contributed by atoms with van der Waals surface area (Å²) in [5.41, 5.74) is 1.10. The average Bonchev–Trinajstić information content (AvgIpc) is 3.11. The van der Waals surface area contributed by atoms with E-state index in [0.717, 1.165) is 22.6 Å². The highest BCUT2D eigenvalue weighted by Crippen LogP contribution is 2.37. The van der Waals surface area contributed by atoms with Crippen molar-refractivity contribution in [2.75, 3.05) is 31.6 Å². The number of nitrogens with zero attached hydrogens (tertiary/aromatic N) is 3. The van der Waals surface area contributed by atoms with Crippen molar-refractivity contribution in [1.29, 1.82) is 0 Å². The fraction of sp³-hybridized carbons (Fsp3) is 0.444. The zero-order valence-corrected chi connectivity index (χ0v) is 16.6. The topological polar surface area (TPSA) is 105 Å². The third-order valence-corrected chi connectivity index (χ3v) is 6.27. The number of thiophene rings is 1. The van der Waals surface area contributed by atoms with E-state index in [9.17, 15) is 9.59 Å². The number of carbonyl (C=O) groups excluding carboxylic acids is 1. The van der Waals surface area contributed by atoms with Gasteiger partial charge >= 0.3 is 5.97 Å². The van der Waals surface area contributed by atoms with Crippen LogP contribution >= 0.6 is 22.9 Å². The molecular formula is C18H19ClN4O4S. The molecule has 2 aliphatic heterocycles. The van der Waals surface area contributed by atoms with Gasteiger partial charge in [0.15, 0.2) is 0 Å². The highest BCUT2D eigenvalue weighted by molar-refractivity contribution is 7.16. The molecule has 4 rings (SSSR count). The summed E-state index contributed by atoms with van der Waals surface area (Å²) >= 11 is 7.80. The molecule has 0 radical (unpaired) electrons. The summed E-state index contributed by atoms with van der Waals surface area (Å²) in [6.45, 7) is 1.53. The second-order valence-corrected chi connectivity index (χ2v) is 8.28. The van der Waals surface area contributed by atoms with Crippen molar-refractivity contribution in [2.45, 2.75) is 25.3 Å². The van der Waals surface area contributed by atoms with Crippen molar-refractivity contribution in [3.05, 3.63) is 27.7 Å². The Morgan fingerprint density at radius 3 is 2.96 bits per heavy atom. The van der Waals surface area contributed by atoms with E-state index >= 15 is 0 Å². The van der Waals surface area contributed by atoms with Gasteiger partial charge in [0.25, 0.3) is 5.91 Å². The number of hydrogen-bond donors (Lipinski definition) is 2. The normalized spacial score (nSPS) is 17.5. The maximum absolute atomic E-state index is 12.6. The average molecular weight is 423 g/mol. The number of nitrogens with one attached hydrogen (secondary N) is 1. The van der Waals surface area contributed by atoms with E-state index < -0.39 is 5.97 Å². The van der Waals surface area contributed by atoms with Gasteiger partial charge in [-0.05, 0) is 18.9 Å². The Bertz CT molecular complexity index is 913. The summed E-state index contributed by atoms with van der Waals surface area (Å²) in [5.74, 6) is -0.789. The van der Waals surface area contributed by atoms with E-state index in [-0.39, 0.29) is 18.5 Å². The molecule has 2 aromatic heterocycles. The van der Waals surface area contributed by atoms with Crippen LogP contribution in [0.25, 0.3) is 10.6 Å². The lowest BCUT2D eigenvalue weighted by atomic mass is 10.1. The molecule has 0 aliphatic carbocycles. The zero-order valence-electron chi connectivity index (χ0n) is 15.0. The van der Waals surface area contributed by atoms with Crippen molar-refractivity contribution in [3.8, 4) is 10.6 Å². The van der Waals surface area contributed by atoms with Crippen LogP contribution in [0, 0.1) is 0 Å². The number of aromatic nitrogens is 2. The first-order chi connectivity index (χ1) is 13.5. The van der Waals surface area contributed by atoms with Gasteiger partial charge in [0, 0.05) is 37.1 Å². The lowest BCUT2D eigenvalue weighted by Crippen LogP contribution is -2.40. The van der Waals surface area contributed by atoms with Gasteiger partial charge in [-0.15, -0.1) is 11.3 Å². The number of rotatable bonds is 5. The number of hydrogen-bond acceptors (Lipinski definition) is 7. The molecule has 4 heterocycles. The Hall–Kier alpha value is -2.23. The maximum Gasteiger partial charge on any atom is 0.323 e. The van der Waals surface area contributed by atoms with Crippen molar-refractivity contribution in [1.82, 2.24) is 14.9 Å². The first kappa shape index (κ1) is 19.1. The summed E-state index contributed by atoms with van der Waals surface area (Å²) in [6, 6.07) is 2.01. The largest absolute Gasteiger partial charge is 0.480 e. The molecule has 0 spiro atoms. The van der Waals surface area contributed by atoms with Gasteiger partial charge in [-0.25, -0.2) is 9.97 Å². The lowest BCUT2D eigenvalue weighted by molar-refractivity contribution is -0.137. The van der Waals surface area contributed by atoms with Gasteiger partial charge in [-0.3, -0.25) is 9.59 Å². The molecule has 1 saturated heterocycles. The van der Waals surface area contributed by atoms with Gasteiger partial charge in [0.05, 0.1) is 21.7 Å². The number of ether oxygens (including phenoxy) is 1. The minimum Gasteiger partial charge on any atom is -0.480 e. The minimum atomic E-state index is -1.02. The van der Waals surface area contributed by atoms with E-state index in [4.69, 9.17) is 21.4 Å². The molecular weight excluding hydrogens is 404 g/mol. The van der Waals surface area contributed by atoms with Crippen LogP contribution in [0.1, 0.15) is 28.1 Å². The summed E-state index contributed by atoms with van der Waals surface area (Å²) in [5, 5.41) is 12.7. The summed E-state index contributed by atoms with van der Waals surface area (Å²) < 4.78 is 5.37. The second kappa shape index (κ2) is 8.02. The Balaban J connectivity index is 1.59. The number of aliphatic carboxylic acids is 1. The Kier molecular flexibility index (Phi) is 5.47. The summed E-state index contributed by atoms with van der Waals surface area (Å²) in [7, 11) is 0. The van der Waals surface area contributed by atoms with Gasteiger partial charge in [0.2, 0.25) is 5.95 Å². The number of amides is 1. The van der Waals surface area contributed by atoms with Gasteiger partial charge in [-0.2, -0.15) is 0 Å². The predicted molar refractivity (Wildman–Crippen MR) is 105 cm³/mol. The molecule has 1 fully saturated rings. The van der Waals surface area contributed by atoms with E-state index in [0.29, 0.717) is 48.4 Å². The van der Waals surface area contributed by atoms with Gasteiger partial charge < -0.3 is 20.1 Å². The first-order valence-electron chi connectivity index (χ1n) is 9.02. The number of halogens is 1. The van der Waals surface area contributed by atoms with E-state index in [1.54, 1.807) is 12.3 Å². The van der Waals surface area contributed by atoms with Gasteiger partial charge in [0.1, 0.15) is 12.2 Å². The van der Waals surface area contributed by atoms with Crippen molar-refractivity contribution < 1.29 is 19.4 Å². The molecule has 28 heavy (non-hydrogen) atoms. The molecule has 1 amide bonds. The Morgan fingerprint density at radius 2 is 2.21 bits per heavy atom. The Labute approximate surface area is 170 Å². The summed E-state index contributed by atoms with van der Waals surface area (Å²) in [6.07, 6.45) is 3.96. The van der Waals surface area contributed by atoms with Crippen LogP contribution in [0.4, 0.5) is 5.95 Å². The van der Waals surface area contributed by atoms with Crippen LogP contribution in [-0.4, -0.2) is 64.2 Å². The molecule has 2 aliphatic rings. The number of fused-ring (bicyclic) bond motifs is 1. The molecule has 8 nitrogen and oxygen atoms in total. The monoisotopic (exact) mass is 422 g/mol. The van der Waals surface area contributed by atoms with Crippen molar-refractivity contribution in [3.63, 3.8) is 0 Å². The van der Waals surface area contributed by atoms with Crippen LogP contribution in [0.3, 0.4) is 0 Å². The quantitative estimate of drug-likeness (QED) is 0.762. The minimum absolute atomic E-state index is 0.255. The molecule has 0 atom stereocenters. The number of carbonyl (C=O) groups is 2. The summed E-state index contributed by atoms with van der Waals surface area (Å²) in [4.78, 5) is 35.4. The SMILES string of the molecule is O=C(O)CN1CCc2sc(-c3nc(NC4CCOCC4)ncc3Cl)cc2C1=O. The van der Waals surface area contributed by atoms with Gasteiger partial charge in [-0.1, -0.05) is 11.6 Å². The number of carboxylic acids is 1. The molecule has 0 aromatic carbocycles. The maximum atomic E-state index is 12.6. The Morgan fingerprint density at radius 1 is 1.43 bits per heavy atom. The second-order valence-electron chi connectivity index (χ2n) is 6.74. The molecule has 2 aromatic rings.